The first kappa shape index (κ1) is 18.2. The van der Waals surface area contributed by atoms with Crippen LogP contribution in [0.1, 0.15) is 39.5 Å². The van der Waals surface area contributed by atoms with Crippen LogP contribution in [0.15, 0.2) is 0 Å². The summed E-state index contributed by atoms with van der Waals surface area (Å²) < 4.78 is 23.6. The SMILES string of the molecule is CC(C)S(=O)(=O)CCN1CCC(NCC2CC2)CC1.Cl. The summed E-state index contributed by atoms with van der Waals surface area (Å²) in [7, 11) is -2.88. The maximum Gasteiger partial charge on any atom is 0.153 e. The number of sulfone groups is 1. The fourth-order valence-corrected chi connectivity index (χ4v) is 3.49. The van der Waals surface area contributed by atoms with Gasteiger partial charge in [-0.05, 0) is 65.1 Å². The molecule has 0 aromatic carbocycles. The molecule has 1 saturated heterocycles. The molecule has 0 spiro atoms. The van der Waals surface area contributed by atoms with Gasteiger partial charge in [-0.2, -0.15) is 0 Å². The molecule has 0 radical (unpaired) electrons. The lowest BCUT2D eigenvalue weighted by Crippen LogP contribution is -2.44. The molecular weight excluding hydrogens is 296 g/mol. The molecule has 0 amide bonds. The summed E-state index contributed by atoms with van der Waals surface area (Å²) in [5.74, 6) is 1.25. The molecule has 2 rings (SSSR count). The predicted octanol–water partition coefficient (Wildman–Crippen LogP) is 1.70. The molecule has 2 aliphatic rings. The Morgan fingerprint density at radius 1 is 1.15 bits per heavy atom. The van der Waals surface area contributed by atoms with Crippen molar-refractivity contribution in [2.24, 2.45) is 5.92 Å². The van der Waals surface area contributed by atoms with Crippen LogP contribution in [-0.2, 0) is 9.84 Å². The van der Waals surface area contributed by atoms with Crippen LogP contribution in [-0.4, -0.2) is 56.5 Å². The Hall–Kier alpha value is 0.160. The third kappa shape index (κ3) is 5.88. The molecule has 4 nitrogen and oxygen atoms in total. The third-order valence-electron chi connectivity index (χ3n) is 4.39. The largest absolute Gasteiger partial charge is 0.314 e. The Morgan fingerprint density at radius 3 is 2.25 bits per heavy atom. The van der Waals surface area contributed by atoms with Gasteiger partial charge in [0.15, 0.2) is 9.84 Å². The van der Waals surface area contributed by atoms with Crippen LogP contribution < -0.4 is 5.32 Å². The van der Waals surface area contributed by atoms with E-state index in [1.807, 2.05) is 0 Å². The minimum Gasteiger partial charge on any atom is -0.314 e. The highest BCUT2D eigenvalue weighted by Crippen LogP contribution is 2.28. The van der Waals surface area contributed by atoms with E-state index in [4.69, 9.17) is 0 Å². The minimum atomic E-state index is -2.88. The molecular formula is C14H29ClN2O2S. The zero-order valence-electron chi connectivity index (χ0n) is 12.7. The van der Waals surface area contributed by atoms with Gasteiger partial charge in [0, 0.05) is 12.6 Å². The van der Waals surface area contributed by atoms with Crippen molar-refractivity contribution in [3.8, 4) is 0 Å². The normalized spacial score (nSPS) is 21.9. The number of halogens is 1. The Kier molecular flexibility index (Phi) is 7.25. The molecule has 0 atom stereocenters. The van der Waals surface area contributed by atoms with Crippen molar-refractivity contribution in [3.05, 3.63) is 0 Å². The van der Waals surface area contributed by atoms with Crippen molar-refractivity contribution in [1.29, 1.82) is 0 Å². The molecule has 120 valence electrons. The zero-order valence-corrected chi connectivity index (χ0v) is 14.3. The lowest BCUT2D eigenvalue weighted by atomic mass is 10.1. The molecule has 0 aromatic rings. The van der Waals surface area contributed by atoms with E-state index in [1.165, 1.54) is 19.4 Å². The van der Waals surface area contributed by atoms with Gasteiger partial charge in [0.25, 0.3) is 0 Å². The topological polar surface area (TPSA) is 49.4 Å². The summed E-state index contributed by atoms with van der Waals surface area (Å²) >= 11 is 0. The van der Waals surface area contributed by atoms with Crippen molar-refractivity contribution < 1.29 is 8.42 Å². The smallest absolute Gasteiger partial charge is 0.153 e. The highest BCUT2D eigenvalue weighted by atomic mass is 35.5. The summed E-state index contributed by atoms with van der Waals surface area (Å²) in [4.78, 5) is 2.30. The molecule has 1 saturated carbocycles. The predicted molar refractivity (Wildman–Crippen MR) is 86.4 cm³/mol. The van der Waals surface area contributed by atoms with Gasteiger partial charge >= 0.3 is 0 Å². The Morgan fingerprint density at radius 2 is 1.75 bits per heavy atom. The van der Waals surface area contributed by atoms with Gasteiger partial charge in [-0.1, -0.05) is 0 Å². The molecule has 0 unspecified atom stereocenters. The molecule has 0 bridgehead atoms. The van der Waals surface area contributed by atoms with E-state index in [0.29, 0.717) is 18.3 Å². The average molecular weight is 325 g/mol. The van der Waals surface area contributed by atoms with Gasteiger partial charge < -0.3 is 10.2 Å². The quantitative estimate of drug-likeness (QED) is 0.774. The number of piperidine rings is 1. The summed E-state index contributed by atoms with van der Waals surface area (Å²) in [6.45, 7) is 7.50. The van der Waals surface area contributed by atoms with Crippen LogP contribution >= 0.6 is 12.4 Å². The van der Waals surface area contributed by atoms with Crippen molar-refractivity contribution in [3.63, 3.8) is 0 Å². The van der Waals surface area contributed by atoms with Crippen molar-refractivity contribution in [2.45, 2.75) is 50.8 Å². The van der Waals surface area contributed by atoms with Crippen LogP contribution in [0.25, 0.3) is 0 Å². The summed E-state index contributed by atoms with van der Waals surface area (Å²) in [6.07, 6.45) is 5.13. The van der Waals surface area contributed by atoms with Gasteiger partial charge in [0.2, 0.25) is 0 Å². The lowest BCUT2D eigenvalue weighted by Gasteiger charge is -2.32. The van der Waals surface area contributed by atoms with Crippen LogP contribution in [0.4, 0.5) is 0 Å². The zero-order chi connectivity index (χ0) is 13.9. The molecule has 1 heterocycles. The van der Waals surface area contributed by atoms with Crippen molar-refractivity contribution >= 4 is 22.2 Å². The molecule has 1 N–H and O–H groups in total. The first-order chi connectivity index (χ1) is 8.97. The van der Waals surface area contributed by atoms with Crippen molar-refractivity contribution in [2.75, 3.05) is 31.9 Å². The number of likely N-dealkylation sites (tertiary alicyclic amines) is 1. The average Bonchev–Trinajstić information content (AvgIpc) is 3.19. The Labute approximate surface area is 130 Å². The van der Waals surface area contributed by atoms with E-state index in [1.54, 1.807) is 13.8 Å². The Bertz CT molecular complexity index is 375. The molecule has 1 aliphatic carbocycles. The van der Waals surface area contributed by atoms with E-state index in [0.717, 1.165) is 31.8 Å². The van der Waals surface area contributed by atoms with Crippen LogP contribution in [0.2, 0.25) is 0 Å². The number of nitrogens with zero attached hydrogens (tertiary/aromatic N) is 1. The summed E-state index contributed by atoms with van der Waals surface area (Å²) in [6, 6.07) is 0.651. The first-order valence-corrected chi connectivity index (χ1v) is 9.36. The number of hydrogen-bond donors (Lipinski definition) is 1. The van der Waals surface area contributed by atoms with E-state index < -0.39 is 9.84 Å². The molecule has 6 heteroatoms. The van der Waals surface area contributed by atoms with Crippen LogP contribution in [0.3, 0.4) is 0 Å². The molecule has 1 aliphatic heterocycles. The Balaban J connectivity index is 0.00000200. The van der Waals surface area contributed by atoms with E-state index in [-0.39, 0.29) is 17.7 Å². The minimum absolute atomic E-state index is 0. The van der Waals surface area contributed by atoms with Gasteiger partial charge in [0.1, 0.15) is 0 Å². The monoisotopic (exact) mass is 324 g/mol. The van der Waals surface area contributed by atoms with E-state index in [2.05, 4.69) is 10.2 Å². The van der Waals surface area contributed by atoms with E-state index in [9.17, 15) is 8.42 Å². The van der Waals surface area contributed by atoms with Crippen LogP contribution in [0, 0.1) is 5.92 Å². The number of rotatable bonds is 7. The second kappa shape index (κ2) is 7.97. The first-order valence-electron chi connectivity index (χ1n) is 7.64. The maximum absolute atomic E-state index is 11.8. The van der Waals surface area contributed by atoms with Crippen molar-refractivity contribution in [1.82, 2.24) is 10.2 Å². The fraction of sp³-hybridized carbons (Fsp3) is 1.00. The highest BCUT2D eigenvalue weighted by molar-refractivity contribution is 7.92. The summed E-state index contributed by atoms with van der Waals surface area (Å²) in [5, 5.41) is 3.40. The lowest BCUT2D eigenvalue weighted by molar-refractivity contribution is 0.206. The summed E-state index contributed by atoms with van der Waals surface area (Å²) in [5.41, 5.74) is 0. The third-order valence-corrected chi connectivity index (χ3v) is 6.58. The second-order valence-electron chi connectivity index (χ2n) is 6.38. The van der Waals surface area contributed by atoms with Gasteiger partial charge in [0.05, 0.1) is 11.0 Å². The molecule has 20 heavy (non-hydrogen) atoms. The number of nitrogens with one attached hydrogen (secondary N) is 1. The standard InChI is InChI=1S/C14H28N2O2S.ClH/c1-12(2)19(17,18)10-9-16-7-5-14(6-8-16)15-11-13-3-4-13;/h12-15H,3-11H2,1-2H3;1H. The molecule has 2 fully saturated rings. The van der Waals surface area contributed by atoms with Crippen LogP contribution in [0.5, 0.6) is 0 Å². The second-order valence-corrected chi connectivity index (χ2v) is 9.06. The van der Waals surface area contributed by atoms with E-state index >= 15 is 0 Å². The maximum atomic E-state index is 11.8. The van der Waals surface area contributed by atoms with Gasteiger partial charge in [-0.25, -0.2) is 8.42 Å². The fourth-order valence-electron chi connectivity index (χ4n) is 2.51. The molecule has 0 aromatic heterocycles. The van der Waals surface area contributed by atoms with Gasteiger partial charge in [-0.3, -0.25) is 0 Å². The number of hydrogen-bond acceptors (Lipinski definition) is 4. The van der Waals surface area contributed by atoms with Gasteiger partial charge in [-0.15, -0.1) is 12.4 Å². The highest BCUT2D eigenvalue weighted by Gasteiger charge is 2.25.